The van der Waals surface area contributed by atoms with Gasteiger partial charge in [-0.2, -0.15) is 0 Å². The van der Waals surface area contributed by atoms with Gasteiger partial charge < -0.3 is 21.1 Å². The van der Waals surface area contributed by atoms with Gasteiger partial charge in [0.15, 0.2) is 0 Å². The Hall–Kier alpha value is -1.14. The highest BCUT2D eigenvalue weighted by Crippen LogP contribution is 2.04. The van der Waals surface area contributed by atoms with Crippen molar-refractivity contribution in [3.8, 4) is 0 Å². The third-order valence-electron chi connectivity index (χ3n) is 2.01. The van der Waals surface area contributed by atoms with Crippen LogP contribution < -0.4 is 5.73 Å². The average molecular weight is 249 g/mol. The van der Waals surface area contributed by atoms with E-state index in [9.17, 15) is 9.59 Å². The van der Waals surface area contributed by atoms with E-state index in [4.69, 9.17) is 21.1 Å². The summed E-state index contributed by atoms with van der Waals surface area (Å²) in [6.45, 7) is 1.65. The van der Waals surface area contributed by atoms with E-state index in [1.165, 1.54) is 19.3 Å². The second-order valence-corrected chi connectivity index (χ2v) is 3.69. The Morgan fingerprint density at radius 2 is 1.65 bits per heavy atom. The molecule has 17 heavy (non-hydrogen) atoms. The summed E-state index contributed by atoms with van der Waals surface area (Å²) in [5, 5.41) is 24.2. The number of rotatable bonds is 8. The van der Waals surface area contributed by atoms with Crippen molar-refractivity contribution in [2.75, 3.05) is 6.61 Å². The summed E-state index contributed by atoms with van der Waals surface area (Å²) < 4.78 is 0. The van der Waals surface area contributed by atoms with Crippen molar-refractivity contribution in [2.45, 2.75) is 51.5 Å². The van der Waals surface area contributed by atoms with Crippen molar-refractivity contribution < 1.29 is 24.9 Å². The van der Waals surface area contributed by atoms with Crippen LogP contribution in [0.5, 0.6) is 0 Å². The molecular weight excluding hydrogens is 226 g/mol. The maximum Gasteiger partial charge on any atom is 0.322 e. The number of aliphatic hydroxyl groups excluding tert-OH is 1. The molecule has 6 heteroatoms. The quantitative estimate of drug-likeness (QED) is 0.473. The van der Waals surface area contributed by atoms with Gasteiger partial charge in [-0.25, -0.2) is 0 Å². The molecule has 1 atom stereocenters. The Bertz CT molecular complexity index is 208. The van der Waals surface area contributed by atoms with E-state index < -0.39 is 24.6 Å². The number of hydrogen-bond acceptors (Lipinski definition) is 4. The average Bonchev–Trinajstić information content (AvgIpc) is 2.28. The molecule has 0 aliphatic carbocycles. The van der Waals surface area contributed by atoms with Crippen molar-refractivity contribution in [3.05, 3.63) is 0 Å². The number of carbonyl (C=O) groups is 2. The third kappa shape index (κ3) is 17.5. The number of carboxylic acids is 2. The zero-order valence-electron chi connectivity index (χ0n) is 10.3. The van der Waals surface area contributed by atoms with Crippen molar-refractivity contribution in [2.24, 2.45) is 5.73 Å². The molecule has 0 heterocycles. The molecule has 0 aliphatic heterocycles. The van der Waals surface area contributed by atoms with E-state index in [1.54, 1.807) is 0 Å². The van der Waals surface area contributed by atoms with Crippen molar-refractivity contribution in [3.63, 3.8) is 0 Å². The lowest BCUT2D eigenvalue weighted by Gasteiger charge is -1.96. The van der Waals surface area contributed by atoms with Crippen LogP contribution in [-0.2, 0) is 9.59 Å². The minimum Gasteiger partial charge on any atom is -0.481 e. The number of nitrogens with two attached hydrogens (primary N) is 1. The molecule has 0 saturated heterocycles. The predicted octanol–water partition coefficient (Wildman–Crippen LogP) is 0.822. The molecule has 0 amide bonds. The largest absolute Gasteiger partial charge is 0.481 e. The van der Waals surface area contributed by atoms with Gasteiger partial charge in [-0.15, -0.1) is 0 Å². The summed E-state index contributed by atoms with van der Waals surface area (Å²) in [7, 11) is 0. The van der Waals surface area contributed by atoms with Gasteiger partial charge >= 0.3 is 11.9 Å². The topological polar surface area (TPSA) is 121 Å². The molecule has 0 bridgehead atoms. The first-order valence-corrected chi connectivity index (χ1v) is 5.76. The van der Waals surface area contributed by atoms with Gasteiger partial charge in [-0.3, -0.25) is 9.59 Å². The minimum atomic E-state index is -1.18. The highest BCUT2D eigenvalue weighted by atomic mass is 16.4. The molecule has 0 saturated carbocycles. The van der Waals surface area contributed by atoms with Crippen molar-refractivity contribution in [1.29, 1.82) is 0 Å². The van der Waals surface area contributed by atoms with E-state index in [1.807, 2.05) is 0 Å². The summed E-state index contributed by atoms with van der Waals surface area (Å²) in [4.78, 5) is 19.7. The van der Waals surface area contributed by atoms with Crippen LogP contribution in [0.4, 0.5) is 0 Å². The first kappa shape index (κ1) is 18.2. The molecule has 0 aromatic carbocycles. The summed E-state index contributed by atoms with van der Waals surface area (Å²) in [6, 6.07) is -1.13. The Morgan fingerprint density at radius 3 is 1.94 bits per heavy atom. The first-order valence-electron chi connectivity index (χ1n) is 5.76. The molecular formula is C11H23NO5. The van der Waals surface area contributed by atoms with E-state index in [0.717, 1.165) is 12.8 Å². The summed E-state index contributed by atoms with van der Waals surface area (Å²) in [5.41, 5.74) is 4.77. The standard InChI is InChI=1S/C8H16O2.C3H7NO3/c1-2-3-4-5-6-7-8(9)10;4-2(1-5)3(6)7/h2-7H2,1H3,(H,9,10);2,5H,1,4H2,(H,6,7). The van der Waals surface area contributed by atoms with Gasteiger partial charge in [0.1, 0.15) is 6.04 Å². The molecule has 0 aliphatic rings. The number of carboxylic acid groups (broad SMARTS) is 2. The van der Waals surface area contributed by atoms with Gasteiger partial charge in [0.25, 0.3) is 0 Å². The molecule has 1 unspecified atom stereocenters. The smallest absolute Gasteiger partial charge is 0.322 e. The zero-order chi connectivity index (χ0) is 13.7. The monoisotopic (exact) mass is 249 g/mol. The maximum atomic E-state index is 10.0. The number of aliphatic hydroxyl groups is 1. The van der Waals surface area contributed by atoms with Crippen LogP contribution in [0.25, 0.3) is 0 Å². The lowest BCUT2D eigenvalue weighted by molar-refractivity contribution is -0.139. The number of aliphatic carboxylic acids is 2. The molecule has 0 fully saturated rings. The van der Waals surface area contributed by atoms with Crippen molar-refractivity contribution in [1.82, 2.24) is 0 Å². The Balaban J connectivity index is 0. The van der Waals surface area contributed by atoms with Gasteiger partial charge in [0.05, 0.1) is 6.61 Å². The fourth-order valence-electron chi connectivity index (χ4n) is 0.958. The van der Waals surface area contributed by atoms with Crippen LogP contribution in [0.3, 0.4) is 0 Å². The normalized spacial score (nSPS) is 11.2. The molecule has 0 spiro atoms. The highest BCUT2D eigenvalue weighted by Gasteiger charge is 2.07. The first-order chi connectivity index (χ1) is 7.95. The highest BCUT2D eigenvalue weighted by molar-refractivity contribution is 5.73. The van der Waals surface area contributed by atoms with Gasteiger partial charge in [0.2, 0.25) is 0 Å². The van der Waals surface area contributed by atoms with E-state index in [2.05, 4.69) is 6.92 Å². The fraction of sp³-hybridized carbons (Fsp3) is 0.818. The molecule has 0 rings (SSSR count). The summed E-state index contributed by atoms with van der Waals surface area (Å²) >= 11 is 0. The minimum absolute atomic E-state index is 0.337. The summed E-state index contributed by atoms with van der Waals surface area (Å²) in [5.74, 6) is -1.85. The summed E-state index contributed by atoms with van der Waals surface area (Å²) in [6.07, 6.45) is 5.88. The Kier molecular flexibility index (Phi) is 13.9. The van der Waals surface area contributed by atoms with Crippen LogP contribution in [0, 0.1) is 0 Å². The molecule has 0 aromatic rings. The Labute approximate surface area is 101 Å². The molecule has 5 N–H and O–H groups in total. The van der Waals surface area contributed by atoms with E-state index in [-0.39, 0.29) is 0 Å². The predicted molar refractivity (Wildman–Crippen MR) is 63.7 cm³/mol. The lowest BCUT2D eigenvalue weighted by atomic mass is 10.1. The van der Waals surface area contributed by atoms with Crippen LogP contribution >= 0.6 is 0 Å². The van der Waals surface area contributed by atoms with Crippen LogP contribution in [0.2, 0.25) is 0 Å². The lowest BCUT2D eigenvalue weighted by Crippen LogP contribution is -2.33. The van der Waals surface area contributed by atoms with E-state index >= 15 is 0 Å². The molecule has 0 radical (unpaired) electrons. The third-order valence-corrected chi connectivity index (χ3v) is 2.01. The van der Waals surface area contributed by atoms with Gasteiger partial charge in [0, 0.05) is 6.42 Å². The SMILES string of the molecule is CCCCCCCC(=O)O.NC(CO)C(=O)O. The van der Waals surface area contributed by atoms with Crippen LogP contribution in [-0.4, -0.2) is 39.9 Å². The van der Waals surface area contributed by atoms with Crippen LogP contribution in [0.15, 0.2) is 0 Å². The van der Waals surface area contributed by atoms with Crippen LogP contribution in [0.1, 0.15) is 45.4 Å². The van der Waals surface area contributed by atoms with E-state index in [0.29, 0.717) is 6.42 Å². The zero-order valence-corrected chi connectivity index (χ0v) is 10.3. The Morgan fingerprint density at radius 1 is 1.12 bits per heavy atom. The number of unbranched alkanes of at least 4 members (excludes halogenated alkanes) is 4. The fourth-order valence-corrected chi connectivity index (χ4v) is 0.958. The molecule has 0 aromatic heterocycles. The van der Waals surface area contributed by atoms with Gasteiger partial charge in [-0.05, 0) is 6.42 Å². The second-order valence-electron chi connectivity index (χ2n) is 3.69. The molecule has 102 valence electrons. The van der Waals surface area contributed by atoms with Gasteiger partial charge in [-0.1, -0.05) is 32.6 Å². The number of hydrogen-bond donors (Lipinski definition) is 4. The van der Waals surface area contributed by atoms with Crippen molar-refractivity contribution >= 4 is 11.9 Å². The second kappa shape index (κ2) is 12.9. The molecule has 6 nitrogen and oxygen atoms in total. The maximum absolute atomic E-state index is 10.0.